The van der Waals surface area contributed by atoms with Gasteiger partial charge in [0.1, 0.15) is 0 Å². The van der Waals surface area contributed by atoms with Crippen molar-refractivity contribution >= 4 is 21.9 Å². The topological polar surface area (TPSA) is 26.3 Å². The molecule has 0 radical (unpaired) electrons. The van der Waals surface area contributed by atoms with Crippen molar-refractivity contribution in [3.05, 3.63) is 46.0 Å². The van der Waals surface area contributed by atoms with Gasteiger partial charge in [-0.1, -0.05) is 34.1 Å². The van der Waals surface area contributed by atoms with Gasteiger partial charge in [-0.3, -0.25) is 4.79 Å². The zero-order valence-electron chi connectivity index (χ0n) is 10.6. The van der Waals surface area contributed by atoms with Crippen molar-refractivity contribution < 1.29 is 22.7 Å². The number of carbonyl (C=O) groups is 1. The molecular weight excluding hydrogens is 337 g/mol. The molecule has 2 nitrogen and oxygen atoms in total. The molecule has 0 saturated carbocycles. The number of alkyl halides is 3. The van der Waals surface area contributed by atoms with E-state index in [0.717, 1.165) is 16.1 Å². The van der Waals surface area contributed by atoms with Crippen LogP contribution in [0.25, 0.3) is 0 Å². The van der Waals surface area contributed by atoms with Gasteiger partial charge in [-0.05, 0) is 36.6 Å². The summed E-state index contributed by atoms with van der Waals surface area (Å²) < 4.78 is 44.8. The van der Waals surface area contributed by atoms with Gasteiger partial charge in [0, 0.05) is 4.47 Å². The van der Waals surface area contributed by atoms with Crippen LogP contribution in [0.15, 0.2) is 40.4 Å². The van der Waals surface area contributed by atoms with Crippen molar-refractivity contribution in [2.45, 2.75) is 19.5 Å². The fourth-order valence-electron chi connectivity index (χ4n) is 2.05. The zero-order valence-corrected chi connectivity index (χ0v) is 12.2. The van der Waals surface area contributed by atoms with Gasteiger partial charge in [-0.2, -0.15) is 13.2 Å². The molecule has 0 aliphatic heterocycles. The van der Waals surface area contributed by atoms with E-state index in [1.807, 2.05) is 0 Å². The van der Waals surface area contributed by atoms with E-state index in [2.05, 4.69) is 20.7 Å². The summed E-state index contributed by atoms with van der Waals surface area (Å²) in [6, 6.07) is 6.93. The van der Waals surface area contributed by atoms with Gasteiger partial charge in [0.15, 0.2) is 0 Å². The second-order valence-electron chi connectivity index (χ2n) is 4.50. The number of hydrogen-bond donors (Lipinski definition) is 0. The lowest BCUT2D eigenvalue weighted by atomic mass is 9.96. The second-order valence-corrected chi connectivity index (χ2v) is 5.41. The molecule has 0 aromatic heterocycles. The Hall–Kier alpha value is -1.30. The maximum Gasteiger partial charge on any atom is 0.412 e. The first kappa shape index (κ1) is 15.1. The van der Waals surface area contributed by atoms with Crippen LogP contribution in [0, 0.1) is 5.41 Å². The Morgan fingerprint density at radius 3 is 2.40 bits per heavy atom. The van der Waals surface area contributed by atoms with E-state index in [1.54, 1.807) is 24.3 Å². The third kappa shape index (κ3) is 2.61. The van der Waals surface area contributed by atoms with Crippen molar-refractivity contribution in [3.8, 4) is 0 Å². The summed E-state index contributed by atoms with van der Waals surface area (Å²) in [7, 11) is 0. The summed E-state index contributed by atoms with van der Waals surface area (Å²) in [5, 5.41) is 0. The Bertz CT molecular complexity index is 549. The van der Waals surface area contributed by atoms with Gasteiger partial charge in [-0.15, -0.1) is 0 Å². The third-order valence-corrected chi connectivity index (χ3v) is 3.69. The van der Waals surface area contributed by atoms with E-state index in [4.69, 9.17) is 0 Å². The highest BCUT2D eigenvalue weighted by Gasteiger charge is 2.69. The number of benzene rings is 1. The van der Waals surface area contributed by atoms with E-state index < -0.39 is 17.6 Å². The van der Waals surface area contributed by atoms with E-state index in [-0.39, 0.29) is 18.6 Å². The predicted octanol–water partition coefficient (Wildman–Crippen LogP) is 4.04. The molecule has 1 unspecified atom stereocenters. The molecular formula is C14H12BrF3O2. The zero-order chi connectivity index (χ0) is 15.0. The molecule has 0 bridgehead atoms. The number of rotatable bonds is 4. The summed E-state index contributed by atoms with van der Waals surface area (Å²) in [6.45, 7) is 1.41. The first-order valence-corrected chi connectivity index (χ1v) is 6.81. The van der Waals surface area contributed by atoms with E-state index >= 15 is 0 Å². The maximum atomic E-state index is 13.1. The van der Waals surface area contributed by atoms with Gasteiger partial charge < -0.3 is 4.74 Å². The van der Waals surface area contributed by atoms with E-state index in [9.17, 15) is 18.0 Å². The molecule has 2 rings (SSSR count). The first-order chi connectivity index (χ1) is 9.31. The van der Waals surface area contributed by atoms with Gasteiger partial charge in [0.2, 0.25) is 5.41 Å². The highest BCUT2D eigenvalue weighted by molar-refractivity contribution is 9.10. The lowest BCUT2D eigenvalue weighted by Crippen LogP contribution is -2.37. The molecule has 0 heterocycles. The molecule has 1 aromatic carbocycles. The molecule has 20 heavy (non-hydrogen) atoms. The molecule has 0 saturated heterocycles. The average Bonchev–Trinajstić information content (AvgIpc) is 3.08. The predicted molar refractivity (Wildman–Crippen MR) is 71.1 cm³/mol. The number of esters is 1. The largest absolute Gasteiger partial charge is 0.465 e. The SMILES string of the molecule is CCOC(=O)C1(C(F)(F)F)C=C1Cc1ccc(Br)cc1. The summed E-state index contributed by atoms with van der Waals surface area (Å²) in [5.41, 5.74) is -1.75. The van der Waals surface area contributed by atoms with Crippen LogP contribution >= 0.6 is 15.9 Å². The average molecular weight is 349 g/mol. The van der Waals surface area contributed by atoms with Crippen LogP contribution < -0.4 is 0 Å². The number of halogens is 4. The maximum absolute atomic E-state index is 13.1. The molecule has 1 atom stereocenters. The van der Waals surface area contributed by atoms with E-state index in [1.165, 1.54) is 6.92 Å². The minimum Gasteiger partial charge on any atom is -0.465 e. The molecule has 1 aliphatic carbocycles. The minimum absolute atomic E-state index is 0.0470. The highest BCUT2D eigenvalue weighted by Crippen LogP contribution is 2.57. The number of ether oxygens (including phenoxy) is 1. The van der Waals surface area contributed by atoms with Crippen LogP contribution in [0.4, 0.5) is 13.2 Å². The molecule has 0 N–H and O–H groups in total. The Morgan fingerprint density at radius 1 is 1.30 bits per heavy atom. The van der Waals surface area contributed by atoms with E-state index in [0.29, 0.717) is 0 Å². The Balaban J connectivity index is 2.16. The van der Waals surface area contributed by atoms with Gasteiger partial charge in [0.05, 0.1) is 6.61 Å². The summed E-state index contributed by atoms with van der Waals surface area (Å²) >= 11 is 3.26. The fourth-order valence-corrected chi connectivity index (χ4v) is 2.32. The summed E-state index contributed by atoms with van der Waals surface area (Å²) in [5.74, 6) is -1.24. The highest BCUT2D eigenvalue weighted by atomic mass is 79.9. The Labute approximate surface area is 122 Å². The molecule has 1 aliphatic rings. The van der Waals surface area contributed by atoms with Gasteiger partial charge in [-0.25, -0.2) is 0 Å². The minimum atomic E-state index is -4.65. The molecule has 0 amide bonds. The van der Waals surface area contributed by atoms with Crippen molar-refractivity contribution in [1.82, 2.24) is 0 Å². The van der Waals surface area contributed by atoms with Crippen LogP contribution in [0.3, 0.4) is 0 Å². The Kier molecular flexibility index (Phi) is 3.95. The summed E-state index contributed by atoms with van der Waals surface area (Å²) in [6.07, 6.45) is -3.61. The van der Waals surface area contributed by atoms with Gasteiger partial charge in [0.25, 0.3) is 0 Å². The number of hydrogen-bond acceptors (Lipinski definition) is 2. The standard InChI is InChI=1S/C14H12BrF3O2/c1-2-20-12(19)13(14(16,17)18)8-10(13)7-9-3-5-11(15)6-4-9/h3-6,8H,2,7H2,1H3. The van der Waals surface area contributed by atoms with Crippen molar-refractivity contribution in [3.63, 3.8) is 0 Å². The van der Waals surface area contributed by atoms with Crippen molar-refractivity contribution in [2.75, 3.05) is 6.61 Å². The summed E-state index contributed by atoms with van der Waals surface area (Å²) in [4.78, 5) is 11.6. The lowest BCUT2D eigenvalue weighted by Gasteiger charge is -2.20. The smallest absolute Gasteiger partial charge is 0.412 e. The first-order valence-electron chi connectivity index (χ1n) is 6.02. The molecule has 6 heteroatoms. The second kappa shape index (κ2) is 5.24. The monoisotopic (exact) mass is 348 g/mol. The van der Waals surface area contributed by atoms with Crippen LogP contribution in [-0.4, -0.2) is 18.8 Å². The van der Waals surface area contributed by atoms with Crippen LogP contribution in [0.1, 0.15) is 12.5 Å². The molecule has 0 fully saturated rings. The van der Waals surface area contributed by atoms with Crippen LogP contribution in [0.2, 0.25) is 0 Å². The number of carbonyl (C=O) groups excluding carboxylic acids is 1. The fraction of sp³-hybridized carbons (Fsp3) is 0.357. The van der Waals surface area contributed by atoms with Crippen molar-refractivity contribution in [1.29, 1.82) is 0 Å². The molecule has 108 valence electrons. The third-order valence-electron chi connectivity index (χ3n) is 3.17. The van der Waals surface area contributed by atoms with Crippen LogP contribution in [-0.2, 0) is 16.0 Å². The quantitative estimate of drug-likeness (QED) is 0.606. The molecule has 0 spiro atoms. The van der Waals surface area contributed by atoms with Crippen LogP contribution in [0.5, 0.6) is 0 Å². The lowest BCUT2D eigenvalue weighted by molar-refractivity contribution is -0.201. The van der Waals surface area contributed by atoms with Gasteiger partial charge >= 0.3 is 12.1 Å². The Morgan fingerprint density at radius 2 is 1.90 bits per heavy atom. The normalized spacial score (nSPS) is 21.4. The van der Waals surface area contributed by atoms with Crippen molar-refractivity contribution in [2.24, 2.45) is 5.41 Å². The molecule has 1 aromatic rings.